The highest BCUT2D eigenvalue weighted by atomic mass is 35.5. The van der Waals surface area contributed by atoms with Gasteiger partial charge in [-0.1, -0.05) is 80.9 Å². The van der Waals surface area contributed by atoms with E-state index in [-0.39, 0.29) is 29.1 Å². The van der Waals surface area contributed by atoms with Gasteiger partial charge in [0.25, 0.3) is 0 Å². The molecule has 2 bridgehead atoms. The summed E-state index contributed by atoms with van der Waals surface area (Å²) < 4.78 is 24.2. The molecule has 8 rings (SSSR count). The first-order valence-electron chi connectivity index (χ1n) is 22.0. The fourth-order valence-corrected chi connectivity index (χ4v) is 9.78. The van der Waals surface area contributed by atoms with Crippen LogP contribution in [0.5, 0.6) is 11.5 Å². The summed E-state index contributed by atoms with van der Waals surface area (Å²) >= 11 is 6.72. The first-order valence-corrected chi connectivity index (χ1v) is 25.3. The summed E-state index contributed by atoms with van der Waals surface area (Å²) in [6, 6.07) is 25.9. The van der Waals surface area contributed by atoms with Crippen LogP contribution in [0.4, 0.5) is 21.0 Å². The number of H-pyrrole nitrogens is 1. The summed E-state index contributed by atoms with van der Waals surface area (Å²) in [7, 11) is -0.741. The molecule has 1 aromatic heterocycles. The van der Waals surface area contributed by atoms with Crippen LogP contribution in [-0.4, -0.2) is 81.5 Å². The van der Waals surface area contributed by atoms with E-state index in [9.17, 15) is 19.5 Å². The van der Waals surface area contributed by atoms with Gasteiger partial charge < -0.3 is 34.0 Å². The van der Waals surface area contributed by atoms with Crippen LogP contribution in [0, 0.1) is 5.92 Å². The van der Waals surface area contributed by atoms with Crippen LogP contribution in [0.25, 0.3) is 22.0 Å². The molecular formula is C49H60ClN5O8Si. The van der Waals surface area contributed by atoms with Crippen LogP contribution >= 0.6 is 11.6 Å². The molecule has 2 amide bonds. The minimum atomic E-state index is -2.29. The maximum absolute atomic E-state index is 13.2. The number of anilines is 2. The molecule has 64 heavy (non-hydrogen) atoms. The molecular weight excluding hydrogens is 850 g/mol. The summed E-state index contributed by atoms with van der Waals surface area (Å²) in [5.41, 5.74) is 5.51. The molecule has 340 valence electrons. The van der Waals surface area contributed by atoms with Gasteiger partial charge in [-0.25, -0.2) is 9.59 Å². The second-order valence-electron chi connectivity index (χ2n) is 18.2. The number of carbonyl (C=O) groups excluding carboxylic acids is 2. The van der Waals surface area contributed by atoms with Gasteiger partial charge in [0.15, 0.2) is 8.32 Å². The number of aromatic hydroxyl groups is 1. The normalized spacial score (nSPS) is 17.8. The summed E-state index contributed by atoms with van der Waals surface area (Å²) in [4.78, 5) is 43.5. The topological polar surface area (TPSA) is 163 Å². The Labute approximate surface area is 380 Å². The van der Waals surface area contributed by atoms with Gasteiger partial charge in [-0.15, -0.1) is 0 Å². The van der Waals surface area contributed by atoms with Gasteiger partial charge >= 0.3 is 12.2 Å². The number of phenols is 1. The molecule has 13 nitrogen and oxygen atoms in total. The number of carbonyl (C=O) groups is 2. The lowest BCUT2D eigenvalue weighted by Gasteiger charge is -2.43. The molecule has 5 aromatic rings. The van der Waals surface area contributed by atoms with E-state index >= 15 is 0 Å². The Hall–Kier alpha value is -5.38. The average molecular weight is 911 g/mol. The number of aromatic nitrogens is 1. The predicted octanol–water partition coefficient (Wildman–Crippen LogP) is 10.2. The number of halogens is 1. The third-order valence-corrected chi connectivity index (χ3v) is 17.7. The second-order valence-corrected chi connectivity index (χ2v) is 23.4. The largest absolute Gasteiger partial charge is 0.506 e. The third-order valence-electron chi connectivity index (χ3n) is 12.9. The van der Waals surface area contributed by atoms with Crippen LogP contribution in [0.1, 0.15) is 62.8 Å². The summed E-state index contributed by atoms with van der Waals surface area (Å²) in [5.74, 6) is 0.902. The molecule has 4 heterocycles. The quantitative estimate of drug-likeness (QED) is 0.0476. The van der Waals surface area contributed by atoms with E-state index in [1.807, 2.05) is 54.6 Å². The maximum atomic E-state index is 13.2. The molecule has 3 aliphatic rings. The molecule has 5 N–H and O–H groups in total. The number of benzene rings is 4. The highest BCUT2D eigenvalue weighted by molar-refractivity contribution is 6.74. The van der Waals surface area contributed by atoms with Crippen molar-refractivity contribution in [3.63, 3.8) is 0 Å². The predicted molar refractivity (Wildman–Crippen MR) is 255 cm³/mol. The number of rotatable bonds is 16. The number of ether oxygens (including phenoxy) is 3. The minimum Gasteiger partial charge on any atom is -0.506 e. The van der Waals surface area contributed by atoms with E-state index in [1.165, 1.54) is 6.07 Å². The Balaban J connectivity index is 0.951. The van der Waals surface area contributed by atoms with Crippen LogP contribution in [-0.2, 0) is 26.9 Å². The number of piperidine rings is 3. The molecule has 0 unspecified atom stereocenters. The van der Waals surface area contributed by atoms with Gasteiger partial charge in [-0.2, -0.15) is 0 Å². The number of phenolic OH excluding ortho intramolecular Hbond substituents is 1. The Morgan fingerprint density at radius 1 is 0.953 bits per heavy atom. The van der Waals surface area contributed by atoms with Gasteiger partial charge in [0.2, 0.25) is 5.56 Å². The zero-order valence-corrected chi connectivity index (χ0v) is 39.3. The molecule has 0 radical (unpaired) electrons. The SMILES string of the molecule is COc1cc(NC(=O)OCCCc2ccc(-c3ccccc3)c(NC(=O)O[C@H]3CN4CCC3CC4)c2)c(Cl)cc1CNC[C@H](O[Si](C)(C)C(C)(C)C)c1ccc(O)c2[nH]c(=O)ccc12. The maximum Gasteiger partial charge on any atom is 0.411 e. The number of aromatic amines is 1. The molecule has 15 heteroatoms. The Morgan fingerprint density at radius 3 is 2.41 bits per heavy atom. The lowest BCUT2D eigenvalue weighted by Crippen LogP contribution is -2.52. The van der Waals surface area contributed by atoms with Gasteiger partial charge in [0, 0.05) is 48.3 Å². The Kier molecular flexibility index (Phi) is 14.7. The molecule has 4 aromatic carbocycles. The molecule has 0 spiro atoms. The van der Waals surface area contributed by atoms with Crippen molar-refractivity contribution < 1.29 is 33.3 Å². The van der Waals surface area contributed by atoms with Crippen molar-refractivity contribution >= 4 is 54.4 Å². The van der Waals surface area contributed by atoms with E-state index in [0.717, 1.165) is 60.3 Å². The molecule has 2 atom stereocenters. The summed E-state index contributed by atoms with van der Waals surface area (Å²) in [5, 5.41) is 20.8. The Morgan fingerprint density at radius 2 is 1.70 bits per heavy atom. The number of hydrogen-bond acceptors (Lipinski definition) is 10. The van der Waals surface area contributed by atoms with E-state index in [4.69, 9.17) is 30.2 Å². The van der Waals surface area contributed by atoms with E-state index < -0.39 is 26.6 Å². The highest BCUT2D eigenvalue weighted by Gasteiger charge is 2.40. The van der Waals surface area contributed by atoms with Crippen molar-refractivity contribution in [2.24, 2.45) is 5.92 Å². The number of fused-ring (bicyclic) bond motifs is 4. The smallest absolute Gasteiger partial charge is 0.411 e. The van der Waals surface area contributed by atoms with Gasteiger partial charge in [0.1, 0.15) is 17.6 Å². The molecule has 0 aliphatic carbocycles. The molecule has 0 saturated carbocycles. The summed E-state index contributed by atoms with van der Waals surface area (Å²) in [6.45, 7) is 14.7. The average Bonchev–Trinajstić information content (AvgIpc) is 3.26. The van der Waals surface area contributed by atoms with Crippen LogP contribution in [0.3, 0.4) is 0 Å². The van der Waals surface area contributed by atoms with E-state index in [0.29, 0.717) is 64.9 Å². The fourth-order valence-electron chi connectivity index (χ4n) is 8.27. The zero-order chi connectivity index (χ0) is 45.6. The standard InChI is InChI=1S/C49H60ClN5O8Si/c1-49(2,3)64(5,6)63-43(36-16-18-41(56)46-37(36)17-19-45(57)54-46)29-51-28-34-26-38(50)40(27-42(34)60-4)53-47(58)61-24-10-11-31-14-15-35(32-12-8-7-9-13-32)39(25-31)52-48(59)62-44-30-55-22-20-33(44)21-23-55/h7-9,12-19,25-27,33,43-44,51,56H,10-11,20-24,28-30H2,1-6H3,(H,52,59)(H,53,58)(H,54,57)/t43-,44-/m0/s1. The molecule has 3 saturated heterocycles. The number of nitrogens with zero attached hydrogens (tertiary/aromatic N) is 1. The number of nitrogens with one attached hydrogen (secondary N) is 4. The molecule has 3 aliphatic heterocycles. The van der Waals surface area contributed by atoms with Crippen LogP contribution < -0.4 is 26.2 Å². The van der Waals surface area contributed by atoms with Crippen molar-refractivity contribution in [3.05, 3.63) is 117 Å². The van der Waals surface area contributed by atoms with Crippen LogP contribution in [0.2, 0.25) is 23.2 Å². The van der Waals surface area contributed by atoms with E-state index in [2.05, 4.69) is 59.7 Å². The van der Waals surface area contributed by atoms with Crippen molar-refractivity contribution in [3.8, 4) is 22.6 Å². The monoisotopic (exact) mass is 909 g/mol. The van der Waals surface area contributed by atoms with Crippen molar-refractivity contribution in [2.45, 2.75) is 83.3 Å². The van der Waals surface area contributed by atoms with Crippen LogP contribution in [0.15, 0.2) is 89.7 Å². The molecule has 3 fully saturated rings. The van der Waals surface area contributed by atoms with Gasteiger partial charge in [-0.05, 0) is 104 Å². The van der Waals surface area contributed by atoms with Crippen molar-refractivity contribution in [2.75, 3.05) is 50.5 Å². The third kappa shape index (κ3) is 11.3. The van der Waals surface area contributed by atoms with Gasteiger partial charge in [0.05, 0.1) is 41.7 Å². The zero-order valence-electron chi connectivity index (χ0n) is 37.5. The number of amides is 2. The van der Waals surface area contributed by atoms with Gasteiger partial charge in [-0.3, -0.25) is 20.3 Å². The van der Waals surface area contributed by atoms with Crippen molar-refractivity contribution in [1.29, 1.82) is 0 Å². The van der Waals surface area contributed by atoms with E-state index in [1.54, 1.807) is 31.4 Å². The number of aryl methyl sites for hydroxylation is 1. The Bertz CT molecular complexity index is 2500. The lowest BCUT2D eigenvalue weighted by molar-refractivity contribution is -0.0289. The summed E-state index contributed by atoms with van der Waals surface area (Å²) in [6.07, 6.45) is 1.63. The first kappa shape index (κ1) is 46.6. The number of methoxy groups -OCH3 is 1. The fraction of sp³-hybridized carbons (Fsp3) is 0.408. The first-order chi connectivity index (χ1) is 30.6. The second kappa shape index (κ2) is 20.2. The number of pyridine rings is 1. The lowest BCUT2D eigenvalue weighted by atomic mass is 9.86. The number of hydrogen-bond donors (Lipinski definition) is 5. The minimum absolute atomic E-state index is 0.0141. The van der Waals surface area contributed by atoms with Crippen molar-refractivity contribution in [1.82, 2.24) is 15.2 Å². The highest BCUT2D eigenvalue weighted by Crippen LogP contribution is 2.41.